The fraction of sp³-hybridized carbons (Fsp3) is 0.188. The van der Waals surface area contributed by atoms with Gasteiger partial charge in [0, 0.05) is 24.6 Å². The van der Waals surface area contributed by atoms with Crippen LogP contribution in [-0.4, -0.2) is 17.4 Å². The van der Waals surface area contributed by atoms with Crippen LogP contribution in [0.3, 0.4) is 0 Å². The number of carbonyl (C=O) groups excluding carboxylic acids is 1. The van der Waals surface area contributed by atoms with Crippen molar-refractivity contribution in [1.82, 2.24) is 4.98 Å². The van der Waals surface area contributed by atoms with E-state index in [4.69, 9.17) is 5.26 Å². The van der Waals surface area contributed by atoms with Gasteiger partial charge < -0.3 is 10.6 Å². The van der Waals surface area contributed by atoms with E-state index in [2.05, 4.69) is 22.5 Å². The Kier molecular flexibility index (Phi) is 4.89. The third-order valence-corrected chi connectivity index (χ3v) is 2.85. The molecule has 0 saturated heterocycles. The van der Waals surface area contributed by atoms with E-state index in [1.807, 2.05) is 6.07 Å². The van der Waals surface area contributed by atoms with E-state index < -0.39 is 0 Å². The molecule has 0 unspecified atom stereocenters. The van der Waals surface area contributed by atoms with Crippen LogP contribution in [-0.2, 0) is 0 Å². The highest BCUT2D eigenvalue weighted by atomic mass is 16.1. The summed E-state index contributed by atoms with van der Waals surface area (Å²) in [6, 6.07) is 10.5. The summed E-state index contributed by atoms with van der Waals surface area (Å²) in [5.41, 5.74) is 2.51. The monoisotopic (exact) mass is 280 g/mol. The standard InChI is InChI=1S/C16H16N4O/c1-2-7-19-15-8-13(10-18-11-15)16(21)20-14-5-3-12(9-17)4-6-14/h3-6,8,10-11,19H,2,7H2,1H3,(H,20,21). The molecule has 21 heavy (non-hydrogen) atoms. The maximum Gasteiger partial charge on any atom is 0.257 e. The summed E-state index contributed by atoms with van der Waals surface area (Å²) in [5.74, 6) is -0.229. The van der Waals surface area contributed by atoms with Crippen LogP contribution in [0.1, 0.15) is 29.3 Å². The van der Waals surface area contributed by atoms with Crippen molar-refractivity contribution >= 4 is 17.3 Å². The van der Waals surface area contributed by atoms with Crippen LogP contribution in [0.4, 0.5) is 11.4 Å². The minimum absolute atomic E-state index is 0.229. The number of nitriles is 1. The first-order valence-corrected chi connectivity index (χ1v) is 6.73. The van der Waals surface area contributed by atoms with Gasteiger partial charge in [0.1, 0.15) is 0 Å². The van der Waals surface area contributed by atoms with E-state index in [9.17, 15) is 4.79 Å². The van der Waals surface area contributed by atoms with Gasteiger partial charge in [-0.05, 0) is 36.8 Å². The average Bonchev–Trinajstić information content (AvgIpc) is 2.54. The molecule has 1 aromatic carbocycles. The van der Waals surface area contributed by atoms with Crippen LogP contribution >= 0.6 is 0 Å². The number of benzene rings is 1. The zero-order valence-corrected chi connectivity index (χ0v) is 11.8. The first kappa shape index (κ1) is 14.5. The molecule has 0 fully saturated rings. The molecule has 1 aromatic heterocycles. The van der Waals surface area contributed by atoms with Gasteiger partial charge in [0.05, 0.1) is 22.9 Å². The van der Waals surface area contributed by atoms with Crippen molar-refractivity contribution < 1.29 is 4.79 Å². The summed E-state index contributed by atoms with van der Waals surface area (Å²) in [4.78, 5) is 16.2. The molecule has 0 atom stereocenters. The Morgan fingerprint density at radius 2 is 2.00 bits per heavy atom. The van der Waals surface area contributed by atoms with Crippen molar-refractivity contribution in [2.24, 2.45) is 0 Å². The van der Waals surface area contributed by atoms with Crippen molar-refractivity contribution in [1.29, 1.82) is 5.26 Å². The Labute approximate surface area is 123 Å². The second-order valence-electron chi connectivity index (χ2n) is 4.53. The number of carbonyl (C=O) groups is 1. The highest BCUT2D eigenvalue weighted by Crippen LogP contribution is 2.13. The maximum absolute atomic E-state index is 12.2. The fourth-order valence-corrected chi connectivity index (χ4v) is 1.76. The molecule has 0 spiro atoms. The largest absolute Gasteiger partial charge is 0.384 e. The third kappa shape index (κ3) is 4.05. The molecule has 0 aliphatic carbocycles. The summed E-state index contributed by atoms with van der Waals surface area (Å²) < 4.78 is 0. The molecular formula is C16H16N4O. The van der Waals surface area contributed by atoms with Gasteiger partial charge in [-0.25, -0.2) is 0 Å². The van der Waals surface area contributed by atoms with Crippen molar-refractivity contribution in [3.8, 4) is 6.07 Å². The zero-order chi connectivity index (χ0) is 15.1. The first-order chi connectivity index (χ1) is 10.2. The lowest BCUT2D eigenvalue weighted by molar-refractivity contribution is 0.102. The number of pyridine rings is 1. The second-order valence-corrected chi connectivity index (χ2v) is 4.53. The molecule has 0 aliphatic rings. The Morgan fingerprint density at radius 3 is 2.67 bits per heavy atom. The topological polar surface area (TPSA) is 77.8 Å². The molecule has 2 rings (SSSR count). The van der Waals surface area contributed by atoms with Crippen LogP contribution in [0.25, 0.3) is 0 Å². The van der Waals surface area contributed by atoms with Gasteiger partial charge in [-0.3, -0.25) is 9.78 Å². The van der Waals surface area contributed by atoms with Gasteiger partial charge in [0.15, 0.2) is 0 Å². The minimum atomic E-state index is -0.229. The molecule has 5 heteroatoms. The number of anilines is 2. The lowest BCUT2D eigenvalue weighted by Gasteiger charge is -2.08. The van der Waals surface area contributed by atoms with E-state index in [0.717, 1.165) is 18.7 Å². The molecule has 2 aromatic rings. The van der Waals surface area contributed by atoms with Gasteiger partial charge in [0.2, 0.25) is 0 Å². The molecular weight excluding hydrogens is 264 g/mol. The summed E-state index contributed by atoms with van der Waals surface area (Å²) in [6.45, 7) is 2.91. The Morgan fingerprint density at radius 1 is 1.24 bits per heavy atom. The number of amides is 1. The molecule has 0 saturated carbocycles. The zero-order valence-electron chi connectivity index (χ0n) is 11.8. The fourth-order valence-electron chi connectivity index (χ4n) is 1.76. The third-order valence-electron chi connectivity index (χ3n) is 2.85. The van der Waals surface area contributed by atoms with E-state index in [-0.39, 0.29) is 5.91 Å². The highest BCUT2D eigenvalue weighted by molar-refractivity contribution is 6.04. The summed E-state index contributed by atoms with van der Waals surface area (Å²) in [7, 11) is 0. The van der Waals surface area contributed by atoms with Crippen LogP contribution in [0.2, 0.25) is 0 Å². The van der Waals surface area contributed by atoms with Crippen LogP contribution in [0, 0.1) is 11.3 Å². The normalized spacial score (nSPS) is 9.71. The number of nitrogens with zero attached hydrogens (tertiary/aromatic N) is 2. The number of nitrogens with one attached hydrogen (secondary N) is 2. The predicted molar refractivity (Wildman–Crippen MR) is 82.1 cm³/mol. The van der Waals surface area contributed by atoms with E-state index in [1.54, 1.807) is 36.5 Å². The van der Waals surface area contributed by atoms with Crippen LogP contribution < -0.4 is 10.6 Å². The number of hydrogen-bond donors (Lipinski definition) is 2. The van der Waals surface area contributed by atoms with Crippen LogP contribution in [0.15, 0.2) is 42.7 Å². The van der Waals surface area contributed by atoms with E-state index in [1.165, 1.54) is 6.20 Å². The van der Waals surface area contributed by atoms with E-state index >= 15 is 0 Å². The summed E-state index contributed by atoms with van der Waals surface area (Å²) in [5, 5.41) is 14.7. The molecule has 0 aliphatic heterocycles. The van der Waals surface area contributed by atoms with Gasteiger partial charge in [-0.2, -0.15) is 5.26 Å². The second kappa shape index (κ2) is 7.06. The van der Waals surface area contributed by atoms with Gasteiger partial charge in [-0.15, -0.1) is 0 Å². The molecule has 2 N–H and O–H groups in total. The van der Waals surface area contributed by atoms with Gasteiger partial charge >= 0.3 is 0 Å². The quantitative estimate of drug-likeness (QED) is 0.882. The summed E-state index contributed by atoms with van der Waals surface area (Å²) in [6.07, 6.45) is 4.21. The number of rotatable bonds is 5. The Balaban J connectivity index is 2.07. The lowest BCUT2D eigenvalue weighted by Crippen LogP contribution is -2.13. The Bertz CT molecular complexity index is 659. The maximum atomic E-state index is 12.2. The van der Waals surface area contributed by atoms with Crippen LogP contribution in [0.5, 0.6) is 0 Å². The molecule has 5 nitrogen and oxygen atoms in total. The van der Waals surface area contributed by atoms with Crippen molar-refractivity contribution in [3.63, 3.8) is 0 Å². The van der Waals surface area contributed by atoms with Gasteiger partial charge in [-0.1, -0.05) is 6.92 Å². The van der Waals surface area contributed by atoms with Crippen molar-refractivity contribution in [2.45, 2.75) is 13.3 Å². The lowest BCUT2D eigenvalue weighted by atomic mass is 10.2. The average molecular weight is 280 g/mol. The number of aromatic nitrogens is 1. The molecule has 0 radical (unpaired) electrons. The molecule has 0 bridgehead atoms. The summed E-state index contributed by atoms with van der Waals surface area (Å²) >= 11 is 0. The smallest absolute Gasteiger partial charge is 0.257 e. The van der Waals surface area contributed by atoms with E-state index in [0.29, 0.717) is 16.8 Å². The minimum Gasteiger partial charge on any atom is -0.384 e. The predicted octanol–water partition coefficient (Wildman–Crippen LogP) is 3.03. The molecule has 1 heterocycles. The first-order valence-electron chi connectivity index (χ1n) is 6.73. The molecule has 106 valence electrons. The highest BCUT2D eigenvalue weighted by Gasteiger charge is 2.07. The number of hydrogen-bond acceptors (Lipinski definition) is 4. The SMILES string of the molecule is CCCNc1cncc(C(=O)Nc2ccc(C#N)cc2)c1. The van der Waals surface area contributed by atoms with Gasteiger partial charge in [0.25, 0.3) is 5.91 Å². The molecule has 1 amide bonds. The van der Waals surface area contributed by atoms with Crippen molar-refractivity contribution in [3.05, 3.63) is 53.9 Å². The van der Waals surface area contributed by atoms with Crippen molar-refractivity contribution in [2.75, 3.05) is 17.2 Å². The Hall–Kier alpha value is -2.87.